The van der Waals surface area contributed by atoms with Crippen molar-refractivity contribution >= 4 is 41.3 Å². The molecule has 0 atom stereocenters. The van der Waals surface area contributed by atoms with Gasteiger partial charge in [-0.05, 0) is 30.2 Å². The number of guanidine groups is 1. The predicted molar refractivity (Wildman–Crippen MR) is 133 cm³/mol. The first-order valence-corrected chi connectivity index (χ1v) is 10.2. The summed E-state index contributed by atoms with van der Waals surface area (Å²) in [7, 11) is 3.40. The number of hydrogen-bond donors (Lipinski definition) is 2. The second-order valence-corrected chi connectivity index (χ2v) is 7.72. The molecule has 0 amide bonds. The van der Waals surface area contributed by atoms with Gasteiger partial charge >= 0.3 is 0 Å². The van der Waals surface area contributed by atoms with E-state index in [1.807, 2.05) is 54.7 Å². The number of rotatable bonds is 8. The molecule has 6 nitrogen and oxygen atoms in total. The van der Waals surface area contributed by atoms with Crippen LogP contribution in [0.2, 0.25) is 0 Å². The molecule has 0 radical (unpaired) electrons. The van der Waals surface area contributed by atoms with Crippen LogP contribution in [0.4, 0.5) is 0 Å². The lowest BCUT2D eigenvalue weighted by Gasteiger charge is -2.14. The molecule has 0 fully saturated rings. The lowest BCUT2D eigenvalue weighted by Crippen LogP contribution is -2.36. The fourth-order valence-corrected chi connectivity index (χ4v) is 3.45. The second kappa shape index (κ2) is 12.4. The fraction of sp³-hybridized carbons (Fsp3) is 0.273. The Labute approximate surface area is 198 Å². The highest BCUT2D eigenvalue weighted by Crippen LogP contribution is 2.28. The summed E-state index contributed by atoms with van der Waals surface area (Å²) in [6, 6.07) is 16.0. The van der Waals surface area contributed by atoms with E-state index in [0.717, 1.165) is 27.8 Å². The fourth-order valence-electron chi connectivity index (χ4n) is 2.73. The van der Waals surface area contributed by atoms with Crippen molar-refractivity contribution in [2.24, 2.45) is 4.99 Å². The van der Waals surface area contributed by atoms with Gasteiger partial charge in [0.1, 0.15) is 11.6 Å². The maximum Gasteiger partial charge on any atom is 0.191 e. The Bertz CT molecular complexity index is 947. The summed E-state index contributed by atoms with van der Waals surface area (Å²) in [5.41, 5.74) is 2.19. The quantitative estimate of drug-likeness (QED) is 0.251. The summed E-state index contributed by atoms with van der Waals surface area (Å²) < 4.78 is 11.4. The third-order valence-electron chi connectivity index (χ3n) is 4.22. The van der Waals surface area contributed by atoms with Crippen LogP contribution in [-0.2, 0) is 19.7 Å². The van der Waals surface area contributed by atoms with Crippen molar-refractivity contribution in [3.05, 3.63) is 75.7 Å². The van der Waals surface area contributed by atoms with Crippen LogP contribution in [0.15, 0.2) is 59.7 Å². The van der Waals surface area contributed by atoms with Gasteiger partial charge in [0.2, 0.25) is 0 Å². The van der Waals surface area contributed by atoms with Gasteiger partial charge < -0.3 is 20.1 Å². The highest BCUT2D eigenvalue weighted by molar-refractivity contribution is 14.0. The number of nitrogens with one attached hydrogen (secondary N) is 2. The molecule has 0 saturated carbocycles. The van der Waals surface area contributed by atoms with Crippen molar-refractivity contribution < 1.29 is 9.47 Å². The number of aromatic nitrogens is 1. The van der Waals surface area contributed by atoms with E-state index in [0.29, 0.717) is 25.4 Å². The van der Waals surface area contributed by atoms with Crippen LogP contribution in [0.25, 0.3) is 0 Å². The maximum atomic E-state index is 5.92. The molecule has 160 valence electrons. The van der Waals surface area contributed by atoms with Gasteiger partial charge in [-0.3, -0.25) is 4.99 Å². The first-order valence-electron chi connectivity index (χ1n) is 9.37. The number of halogens is 1. The largest absolute Gasteiger partial charge is 0.493 e. The van der Waals surface area contributed by atoms with Gasteiger partial charge in [-0.25, -0.2) is 4.98 Å². The van der Waals surface area contributed by atoms with E-state index in [2.05, 4.69) is 27.5 Å². The summed E-state index contributed by atoms with van der Waals surface area (Å²) in [5.74, 6) is 2.16. The van der Waals surface area contributed by atoms with E-state index in [-0.39, 0.29) is 24.0 Å². The van der Waals surface area contributed by atoms with Crippen molar-refractivity contribution in [1.29, 1.82) is 0 Å². The lowest BCUT2D eigenvalue weighted by molar-refractivity contribution is 0.284. The summed E-state index contributed by atoms with van der Waals surface area (Å²) in [4.78, 5) is 9.82. The monoisotopic (exact) mass is 538 g/mol. The predicted octanol–water partition coefficient (Wildman–Crippen LogP) is 4.52. The summed E-state index contributed by atoms with van der Waals surface area (Å²) in [5, 5.41) is 7.62. The topological polar surface area (TPSA) is 67.8 Å². The number of ether oxygens (including phenoxy) is 2. The number of thiazole rings is 1. The molecule has 3 aromatic rings. The number of hydrogen-bond acceptors (Lipinski definition) is 5. The van der Waals surface area contributed by atoms with Crippen molar-refractivity contribution in [3.8, 4) is 11.5 Å². The zero-order chi connectivity index (χ0) is 20.5. The van der Waals surface area contributed by atoms with E-state index in [9.17, 15) is 0 Å². The third-order valence-corrected chi connectivity index (χ3v) is 5.14. The molecule has 0 aliphatic carbocycles. The number of aliphatic imine (C=N–C) groups is 1. The summed E-state index contributed by atoms with van der Waals surface area (Å²) in [6.45, 7) is 3.82. The highest BCUT2D eigenvalue weighted by Gasteiger charge is 2.08. The van der Waals surface area contributed by atoms with Crippen molar-refractivity contribution in [3.63, 3.8) is 0 Å². The summed E-state index contributed by atoms with van der Waals surface area (Å²) >= 11 is 1.68. The van der Waals surface area contributed by atoms with Gasteiger partial charge in [-0.1, -0.05) is 36.4 Å². The Balaban J connectivity index is 0.00000320. The maximum absolute atomic E-state index is 5.92. The van der Waals surface area contributed by atoms with Gasteiger partial charge in [0.05, 0.1) is 13.7 Å². The third kappa shape index (κ3) is 7.17. The van der Waals surface area contributed by atoms with Gasteiger partial charge in [-0.2, -0.15) is 0 Å². The molecule has 0 aliphatic rings. The molecule has 1 heterocycles. The number of methoxy groups -OCH3 is 1. The molecule has 0 saturated heterocycles. The molecule has 0 unspecified atom stereocenters. The molecule has 2 N–H and O–H groups in total. The van der Waals surface area contributed by atoms with Crippen molar-refractivity contribution in [1.82, 2.24) is 15.6 Å². The van der Waals surface area contributed by atoms with Crippen LogP contribution >= 0.6 is 35.3 Å². The lowest BCUT2D eigenvalue weighted by atomic mass is 10.2. The van der Waals surface area contributed by atoms with E-state index in [4.69, 9.17) is 9.47 Å². The zero-order valence-corrected chi connectivity index (χ0v) is 20.5. The van der Waals surface area contributed by atoms with Crippen LogP contribution in [0.5, 0.6) is 11.5 Å². The normalized spacial score (nSPS) is 10.8. The smallest absolute Gasteiger partial charge is 0.191 e. The Morgan fingerprint density at radius 2 is 1.80 bits per heavy atom. The second-order valence-electron chi connectivity index (χ2n) is 6.40. The molecular weight excluding hydrogens is 511 g/mol. The summed E-state index contributed by atoms with van der Waals surface area (Å²) in [6.07, 6.45) is 1.88. The van der Waals surface area contributed by atoms with Crippen LogP contribution in [0.3, 0.4) is 0 Å². The van der Waals surface area contributed by atoms with Gasteiger partial charge in [0.15, 0.2) is 17.5 Å². The van der Waals surface area contributed by atoms with Gasteiger partial charge in [0, 0.05) is 24.7 Å². The molecule has 2 aromatic carbocycles. The van der Waals surface area contributed by atoms with E-state index in [1.54, 1.807) is 25.5 Å². The molecule has 3 rings (SSSR count). The minimum absolute atomic E-state index is 0. The van der Waals surface area contributed by atoms with Crippen LogP contribution in [-0.4, -0.2) is 25.1 Å². The Morgan fingerprint density at radius 1 is 1.03 bits per heavy atom. The first kappa shape index (κ1) is 23.9. The van der Waals surface area contributed by atoms with Crippen LogP contribution in [0, 0.1) is 6.92 Å². The van der Waals surface area contributed by atoms with E-state index >= 15 is 0 Å². The Morgan fingerprint density at radius 3 is 2.47 bits per heavy atom. The molecule has 0 bridgehead atoms. The molecule has 8 heteroatoms. The molecular formula is C22H27IN4O2S. The molecule has 1 aromatic heterocycles. The molecule has 0 aliphatic heterocycles. The SMILES string of the molecule is CN=C(NCc1ccc(OCc2ccccc2)c(OC)c1)NCc1ncc(C)s1.I. The minimum atomic E-state index is 0. The van der Waals surface area contributed by atoms with Crippen molar-refractivity contribution in [2.75, 3.05) is 14.2 Å². The standard InChI is InChI=1S/C22H26N4O2S.HI/c1-16-12-24-21(29-16)14-26-22(23-2)25-13-18-9-10-19(20(11-18)27-3)28-15-17-7-5-4-6-8-17;/h4-12H,13-15H2,1-3H3,(H2,23,25,26);1H. The molecule has 30 heavy (non-hydrogen) atoms. The average Bonchev–Trinajstić information content (AvgIpc) is 3.18. The Kier molecular flexibility index (Phi) is 9.88. The van der Waals surface area contributed by atoms with Gasteiger partial charge in [-0.15, -0.1) is 35.3 Å². The van der Waals surface area contributed by atoms with Crippen LogP contribution in [0.1, 0.15) is 21.0 Å². The highest BCUT2D eigenvalue weighted by atomic mass is 127. The number of nitrogens with zero attached hydrogens (tertiary/aromatic N) is 2. The van der Waals surface area contributed by atoms with Gasteiger partial charge in [0.25, 0.3) is 0 Å². The average molecular weight is 538 g/mol. The van der Waals surface area contributed by atoms with E-state index < -0.39 is 0 Å². The first-order chi connectivity index (χ1) is 14.2. The van der Waals surface area contributed by atoms with Crippen LogP contribution < -0.4 is 20.1 Å². The van der Waals surface area contributed by atoms with Crippen molar-refractivity contribution in [2.45, 2.75) is 26.6 Å². The Hall–Kier alpha value is -2.33. The number of aryl methyl sites for hydroxylation is 1. The number of benzene rings is 2. The van der Waals surface area contributed by atoms with E-state index in [1.165, 1.54) is 4.88 Å². The minimum Gasteiger partial charge on any atom is -0.493 e. The zero-order valence-electron chi connectivity index (χ0n) is 17.3. The molecule has 0 spiro atoms.